The molecule has 0 saturated heterocycles. The molecule has 10 rings (SSSR count). The van der Waals surface area contributed by atoms with Gasteiger partial charge in [0.1, 0.15) is 0 Å². The highest BCUT2D eigenvalue weighted by atomic mass is 32.1. The van der Waals surface area contributed by atoms with Crippen LogP contribution in [-0.4, -0.2) is 29.9 Å². The fourth-order valence-electron chi connectivity index (χ4n) is 6.93. The predicted molar refractivity (Wildman–Crippen MR) is 224 cm³/mol. The number of fused-ring (bicyclic) bond motifs is 3. The van der Waals surface area contributed by atoms with Crippen molar-refractivity contribution in [3.63, 3.8) is 0 Å². The molecule has 0 saturated carbocycles. The summed E-state index contributed by atoms with van der Waals surface area (Å²) in [6.45, 7) is 0. The summed E-state index contributed by atoms with van der Waals surface area (Å²) in [7, 11) is 0. The van der Waals surface area contributed by atoms with Crippen LogP contribution in [0, 0.1) is 0 Å². The van der Waals surface area contributed by atoms with Gasteiger partial charge in [0.2, 0.25) is 0 Å². The fourth-order valence-corrected chi connectivity index (χ4v) is 8.16. The molecule has 0 spiro atoms. The molecule has 0 aliphatic rings. The monoisotopic (exact) mass is 722 g/mol. The quantitative estimate of drug-likeness (QED) is 0.163. The Morgan fingerprint density at radius 1 is 0.273 bits per heavy atom. The predicted octanol–water partition coefficient (Wildman–Crippen LogP) is 12.1. The number of aromatic nitrogens is 6. The first-order valence-corrected chi connectivity index (χ1v) is 18.9. The van der Waals surface area contributed by atoms with Gasteiger partial charge in [-0.2, -0.15) is 0 Å². The van der Waals surface area contributed by atoms with E-state index in [1.165, 1.54) is 20.2 Å². The Bertz CT molecular complexity index is 2850. The summed E-state index contributed by atoms with van der Waals surface area (Å²) in [6, 6.07) is 61.7. The minimum Gasteiger partial charge on any atom is -0.208 e. The maximum absolute atomic E-state index is 5.20. The van der Waals surface area contributed by atoms with E-state index >= 15 is 0 Å². The van der Waals surface area contributed by atoms with Gasteiger partial charge in [0, 0.05) is 59.1 Å². The molecule has 258 valence electrons. The second kappa shape index (κ2) is 14.0. The Morgan fingerprint density at radius 2 is 0.691 bits per heavy atom. The largest absolute Gasteiger partial charge is 0.208 e. The van der Waals surface area contributed by atoms with Crippen LogP contribution in [0.3, 0.4) is 0 Å². The van der Waals surface area contributed by atoms with Crippen molar-refractivity contribution in [1.29, 1.82) is 0 Å². The molecule has 7 heteroatoms. The normalized spacial score (nSPS) is 11.3. The molecule has 6 nitrogen and oxygen atoms in total. The first kappa shape index (κ1) is 32.4. The van der Waals surface area contributed by atoms with Gasteiger partial charge in [-0.1, -0.05) is 170 Å². The zero-order valence-electron chi connectivity index (χ0n) is 29.4. The van der Waals surface area contributed by atoms with Gasteiger partial charge in [-0.3, -0.25) is 0 Å². The van der Waals surface area contributed by atoms with Gasteiger partial charge in [-0.15, -0.1) is 11.3 Å². The lowest BCUT2D eigenvalue weighted by Crippen LogP contribution is -2.03. The fraction of sp³-hybridized carbons (Fsp3) is 0. The molecular weight excluding hydrogens is 693 g/mol. The molecule has 0 radical (unpaired) electrons. The summed E-state index contributed by atoms with van der Waals surface area (Å²) in [4.78, 5) is 30.5. The molecular formula is C48H30N6S. The number of thiophene rings is 1. The van der Waals surface area contributed by atoms with Crippen LogP contribution in [0.2, 0.25) is 0 Å². The molecule has 3 aromatic heterocycles. The SMILES string of the molecule is c1ccc(-c2nc(-c3ccccc3)nc(-c3ccc(-c4cccc5c4sc4ccccc45)c(-c4nc(-c5ccccc5)nc(-c5ccccc5)n4)c3)n2)cc1. The van der Waals surface area contributed by atoms with Gasteiger partial charge in [0.25, 0.3) is 0 Å². The van der Waals surface area contributed by atoms with Gasteiger partial charge in [-0.05, 0) is 17.7 Å². The van der Waals surface area contributed by atoms with Crippen molar-refractivity contribution >= 4 is 31.5 Å². The number of hydrogen-bond donors (Lipinski definition) is 0. The smallest absolute Gasteiger partial charge is 0.164 e. The molecule has 0 atom stereocenters. The Hall–Kier alpha value is -7.22. The van der Waals surface area contributed by atoms with E-state index in [2.05, 4.69) is 60.7 Å². The second-order valence-electron chi connectivity index (χ2n) is 13.1. The average Bonchev–Trinajstić information content (AvgIpc) is 3.66. The topological polar surface area (TPSA) is 77.3 Å². The van der Waals surface area contributed by atoms with Crippen molar-refractivity contribution in [2.75, 3.05) is 0 Å². The van der Waals surface area contributed by atoms with Crippen LogP contribution in [0.5, 0.6) is 0 Å². The van der Waals surface area contributed by atoms with Gasteiger partial charge >= 0.3 is 0 Å². The zero-order valence-corrected chi connectivity index (χ0v) is 30.2. The molecule has 7 aromatic carbocycles. The van der Waals surface area contributed by atoms with Crippen molar-refractivity contribution in [2.24, 2.45) is 0 Å². The maximum Gasteiger partial charge on any atom is 0.164 e. The molecule has 3 heterocycles. The summed E-state index contributed by atoms with van der Waals surface area (Å²) in [5, 5.41) is 2.46. The molecule has 0 N–H and O–H groups in total. The molecule has 0 aliphatic carbocycles. The Kier molecular flexibility index (Phi) is 8.24. The van der Waals surface area contributed by atoms with E-state index in [-0.39, 0.29) is 0 Å². The molecule has 0 bridgehead atoms. The van der Waals surface area contributed by atoms with Gasteiger partial charge in [-0.25, -0.2) is 29.9 Å². The Balaban J connectivity index is 1.25. The van der Waals surface area contributed by atoms with Gasteiger partial charge in [0.15, 0.2) is 34.9 Å². The Morgan fingerprint density at radius 3 is 1.20 bits per heavy atom. The van der Waals surface area contributed by atoms with Gasteiger partial charge in [0.05, 0.1) is 0 Å². The molecule has 0 unspecified atom stereocenters. The van der Waals surface area contributed by atoms with E-state index in [1.54, 1.807) is 11.3 Å². The molecule has 0 fully saturated rings. The summed E-state index contributed by atoms with van der Waals surface area (Å²) >= 11 is 1.80. The van der Waals surface area contributed by atoms with E-state index < -0.39 is 0 Å². The number of nitrogens with zero attached hydrogens (tertiary/aromatic N) is 6. The van der Waals surface area contributed by atoms with E-state index in [0.29, 0.717) is 34.9 Å². The lowest BCUT2D eigenvalue weighted by molar-refractivity contribution is 1.07. The van der Waals surface area contributed by atoms with E-state index in [9.17, 15) is 0 Å². The third-order valence-electron chi connectivity index (χ3n) is 9.61. The number of rotatable bonds is 7. The summed E-state index contributed by atoms with van der Waals surface area (Å²) in [5.74, 6) is 3.51. The van der Waals surface area contributed by atoms with Crippen LogP contribution in [0.4, 0.5) is 0 Å². The van der Waals surface area contributed by atoms with Crippen molar-refractivity contribution in [3.05, 3.63) is 182 Å². The third-order valence-corrected chi connectivity index (χ3v) is 10.8. The molecule has 10 aromatic rings. The minimum atomic E-state index is 0.557. The van der Waals surface area contributed by atoms with E-state index in [0.717, 1.165) is 44.5 Å². The summed E-state index contributed by atoms with van der Waals surface area (Å²) in [6.07, 6.45) is 0. The zero-order chi connectivity index (χ0) is 36.6. The first-order valence-electron chi connectivity index (χ1n) is 18.0. The standard InChI is InChI=1S/C48H30N6S/c1-5-16-31(17-6-1)43-49-44(32-18-7-2-8-19-32)52-47(51-43)35-28-29-36(38-25-15-26-39-37-24-13-14-27-41(37)55-42(38)39)40(30-35)48-53-45(33-20-9-3-10-21-33)50-46(54-48)34-22-11-4-12-23-34/h1-30H. The van der Waals surface area contributed by atoms with Crippen LogP contribution in [0.25, 0.3) is 99.6 Å². The minimum absolute atomic E-state index is 0.557. The van der Waals surface area contributed by atoms with Gasteiger partial charge < -0.3 is 0 Å². The number of hydrogen-bond acceptors (Lipinski definition) is 7. The molecule has 0 amide bonds. The molecule has 55 heavy (non-hydrogen) atoms. The van der Waals surface area contributed by atoms with Crippen molar-refractivity contribution < 1.29 is 0 Å². The second-order valence-corrected chi connectivity index (χ2v) is 14.2. The lowest BCUT2D eigenvalue weighted by atomic mass is 9.95. The molecule has 0 aliphatic heterocycles. The third kappa shape index (κ3) is 6.22. The van der Waals surface area contributed by atoms with Crippen molar-refractivity contribution in [2.45, 2.75) is 0 Å². The van der Waals surface area contributed by atoms with Crippen LogP contribution in [0.1, 0.15) is 0 Å². The van der Waals surface area contributed by atoms with Crippen LogP contribution in [0.15, 0.2) is 182 Å². The Labute approximate surface area is 321 Å². The van der Waals surface area contributed by atoms with Crippen LogP contribution < -0.4 is 0 Å². The maximum atomic E-state index is 5.20. The van der Waals surface area contributed by atoms with Crippen LogP contribution in [-0.2, 0) is 0 Å². The van der Waals surface area contributed by atoms with Crippen LogP contribution >= 0.6 is 11.3 Å². The summed E-state index contributed by atoms with van der Waals surface area (Å²) < 4.78 is 2.45. The summed E-state index contributed by atoms with van der Waals surface area (Å²) in [5.41, 5.74) is 7.42. The average molecular weight is 723 g/mol. The first-order chi connectivity index (χ1) is 27.2. The number of benzene rings is 7. The van der Waals surface area contributed by atoms with Crippen molar-refractivity contribution in [3.8, 4) is 79.5 Å². The highest BCUT2D eigenvalue weighted by molar-refractivity contribution is 7.26. The highest BCUT2D eigenvalue weighted by Gasteiger charge is 2.21. The lowest BCUT2D eigenvalue weighted by Gasteiger charge is -2.15. The highest BCUT2D eigenvalue weighted by Crippen LogP contribution is 2.43. The van der Waals surface area contributed by atoms with Crippen molar-refractivity contribution in [1.82, 2.24) is 29.9 Å². The van der Waals surface area contributed by atoms with E-state index in [4.69, 9.17) is 29.9 Å². The van der Waals surface area contributed by atoms with E-state index in [1.807, 2.05) is 121 Å².